The van der Waals surface area contributed by atoms with Crippen LogP contribution in [0.15, 0.2) is 18.2 Å². The lowest BCUT2D eigenvalue weighted by atomic mass is 10.2. The summed E-state index contributed by atoms with van der Waals surface area (Å²) in [5.74, 6) is -1.03. The molecular formula is C12H14FN3O2. The van der Waals surface area contributed by atoms with E-state index >= 15 is 0 Å². The number of nitrogens with zero attached hydrogens (tertiary/aromatic N) is 1. The van der Waals surface area contributed by atoms with Crippen LogP contribution >= 0.6 is 0 Å². The third-order valence-electron chi connectivity index (χ3n) is 2.87. The van der Waals surface area contributed by atoms with E-state index in [2.05, 4.69) is 5.32 Å². The minimum Gasteiger partial charge on any atom is -0.346 e. The van der Waals surface area contributed by atoms with Gasteiger partial charge in [-0.2, -0.15) is 0 Å². The average Bonchev–Trinajstić information content (AvgIpc) is 2.78. The highest BCUT2D eigenvalue weighted by Crippen LogP contribution is 2.28. The molecule has 96 valence electrons. The fraction of sp³-hybridized carbons (Fsp3) is 0.333. The highest BCUT2D eigenvalue weighted by Gasteiger charge is 2.24. The summed E-state index contributed by atoms with van der Waals surface area (Å²) >= 11 is 0. The molecule has 2 rings (SSSR count). The van der Waals surface area contributed by atoms with E-state index in [4.69, 9.17) is 5.73 Å². The summed E-state index contributed by atoms with van der Waals surface area (Å²) in [5, 5.41) is 2.41. The zero-order valence-corrected chi connectivity index (χ0v) is 9.78. The van der Waals surface area contributed by atoms with Gasteiger partial charge in [-0.05, 0) is 24.1 Å². The third kappa shape index (κ3) is 2.48. The Bertz CT molecular complexity index is 490. The number of benzene rings is 1. The van der Waals surface area contributed by atoms with Gasteiger partial charge in [0.25, 0.3) is 0 Å². The van der Waals surface area contributed by atoms with Gasteiger partial charge in [0.2, 0.25) is 11.8 Å². The fourth-order valence-electron chi connectivity index (χ4n) is 1.95. The predicted octanol–water partition coefficient (Wildman–Crippen LogP) is -0.210. The van der Waals surface area contributed by atoms with Gasteiger partial charge in [-0.3, -0.25) is 9.59 Å². The lowest BCUT2D eigenvalue weighted by Crippen LogP contribution is -2.41. The normalized spacial score (nSPS) is 13.3. The Labute approximate surface area is 104 Å². The van der Waals surface area contributed by atoms with Crippen LogP contribution < -0.4 is 16.0 Å². The van der Waals surface area contributed by atoms with Crippen molar-refractivity contribution in [3.63, 3.8) is 0 Å². The topological polar surface area (TPSA) is 75.4 Å². The molecule has 2 amide bonds. The Morgan fingerprint density at radius 1 is 1.44 bits per heavy atom. The number of carbonyl (C=O) groups excluding carboxylic acids is 2. The average molecular weight is 251 g/mol. The van der Waals surface area contributed by atoms with E-state index in [0.717, 1.165) is 5.56 Å². The van der Waals surface area contributed by atoms with Crippen molar-refractivity contribution < 1.29 is 14.0 Å². The van der Waals surface area contributed by atoms with Crippen molar-refractivity contribution in [2.75, 3.05) is 24.5 Å². The van der Waals surface area contributed by atoms with Gasteiger partial charge in [-0.1, -0.05) is 6.07 Å². The summed E-state index contributed by atoms with van der Waals surface area (Å²) in [6, 6.07) is 4.39. The molecule has 0 fully saturated rings. The van der Waals surface area contributed by atoms with Gasteiger partial charge in [-0.25, -0.2) is 4.39 Å². The zero-order valence-electron chi connectivity index (χ0n) is 9.78. The number of anilines is 1. The molecule has 1 aliphatic rings. The van der Waals surface area contributed by atoms with Gasteiger partial charge in [0, 0.05) is 12.2 Å². The predicted molar refractivity (Wildman–Crippen MR) is 64.5 cm³/mol. The van der Waals surface area contributed by atoms with E-state index in [1.165, 1.54) is 17.0 Å². The van der Waals surface area contributed by atoms with Crippen LogP contribution in [-0.4, -0.2) is 31.4 Å². The summed E-state index contributed by atoms with van der Waals surface area (Å²) in [6.45, 7) is 0.237. The number of hydrogen-bond acceptors (Lipinski definition) is 3. The van der Waals surface area contributed by atoms with Crippen LogP contribution in [0.1, 0.15) is 5.56 Å². The Balaban J connectivity index is 2.06. The summed E-state index contributed by atoms with van der Waals surface area (Å²) in [4.78, 5) is 24.3. The molecule has 5 nitrogen and oxygen atoms in total. The maximum absolute atomic E-state index is 13.1. The van der Waals surface area contributed by atoms with E-state index in [1.807, 2.05) is 0 Å². The quantitative estimate of drug-likeness (QED) is 0.780. The number of nitrogens with two attached hydrogens (primary N) is 1. The van der Waals surface area contributed by atoms with Crippen molar-refractivity contribution in [2.24, 2.45) is 5.73 Å². The smallest absolute Gasteiger partial charge is 0.246 e. The van der Waals surface area contributed by atoms with Crippen molar-refractivity contribution in [3.8, 4) is 0 Å². The molecule has 0 aromatic heterocycles. The lowest BCUT2D eigenvalue weighted by Gasteiger charge is -2.17. The molecule has 0 atom stereocenters. The van der Waals surface area contributed by atoms with Crippen molar-refractivity contribution in [1.82, 2.24) is 5.32 Å². The molecule has 0 aliphatic carbocycles. The summed E-state index contributed by atoms with van der Waals surface area (Å²) in [5.41, 5.74) is 6.65. The highest BCUT2D eigenvalue weighted by atomic mass is 19.1. The first-order valence-electron chi connectivity index (χ1n) is 5.67. The third-order valence-corrected chi connectivity index (χ3v) is 2.87. The molecule has 1 heterocycles. The lowest BCUT2D eigenvalue weighted by molar-refractivity contribution is -0.124. The number of halogens is 1. The van der Waals surface area contributed by atoms with Gasteiger partial charge in [0.1, 0.15) is 5.82 Å². The zero-order chi connectivity index (χ0) is 13.1. The minimum absolute atomic E-state index is 0.119. The SMILES string of the molecule is NCC(=O)NCC(=O)N1CCc2ccc(F)cc21. The number of hydrogen-bond donors (Lipinski definition) is 2. The van der Waals surface area contributed by atoms with Gasteiger partial charge < -0.3 is 16.0 Å². The van der Waals surface area contributed by atoms with Crippen LogP contribution in [-0.2, 0) is 16.0 Å². The molecule has 0 spiro atoms. The molecule has 18 heavy (non-hydrogen) atoms. The standard InChI is InChI=1S/C12H14FN3O2/c13-9-2-1-8-3-4-16(10(8)5-9)12(18)7-15-11(17)6-14/h1-2,5H,3-4,6-7,14H2,(H,15,17). The van der Waals surface area contributed by atoms with Gasteiger partial charge in [0.15, 0.2) is 0 Å². The minimum atomic E-state index is -0.387. The van der Waals surface area contributed by atoms with E-state index < -0.39 is 0 Å². The Morgan fingerprint density at radius 3 is 2.94 bits per heavy atom. The first kappa shape index (κ1) is 12.5. The number of amides is 2. The Hall–Kier alpha value is -1.95. The maximum Gasteiger partial charge on any atom is 0.246 e. The highest BCUT2D eigenvalue weighted by molar-refractivity contribution is 5.98. The number of fused-ring (bicyclic) bond motifs is 1. The fourth-order valence-corrected chi connectivity index (χ4v) is 1.95. The molecule has 0 saturated heterocycles. The van der Waals surface area contributed by atoms with Crippen LogP contribution in [0.3, 0.4) is 0 Å². The van der Waals surface area contributed by atoms with Crippen LogP contribution in [0.5, 0.6) is 0 Å². The van der Waals surface area contributed by atoms with E-state index in [-0.39, 0.29) is 30.7 Å². The second kappa shape index (κ2) is 5.14. The first-order chi connectivity index (χ1) is 8.61. The number of nitrogens with one attached hydrogen (secondary N) is 1. The molecule has 1 aliphatic heterocycles. The molecule has 0 unspecified atom stereocenters. The molecule has 0 saturated carbocycles. The molecule has 0 bridgehead atoms. The van der Waals surface area contributed by atoms with E-state index in [9.17, 15) is 14.0 Å². The largest absolute Gasteiger partial charge is 0.346 e. The molecule has 1 aromatic carbocycles. The molecule has 6 heteroatoms. The molecular weight excluding hydrogens is 237 g/mol. The number of carbonyl (C=O) groups is 2. The van der Waals surface area contributed by atoms with Crippen LogP contribution in [0, 0.1) is 5.82 Å². The summed E-state index contributed by atoms with van der Waals surface area (Å²) < 4.78 is 13.1. The number of rotatable bonds is 3. The second-order valence-corrected chi connectivity index (χ2v) is 4.05. The van der Waals surface area contributed by atoms with Crippen LogP contribution in [0.25, 0.3) is 0 Å². The van der Waals surface area contributed by atoms with Crippen LogP contribution in [0.4, 0.5) is 10.1 Å². The van der Waals surface area contributed by atoms with Gasteiger partial charge in [-0.15, -0.1) is 0 Å². The monoisotopic (exact) mass is 251 g/mol. The molecule has 0 radical (unpaired) electrons. The maximum atomic E-state index is 13.1. The van der Waals surface area contributed by atoms with Crippen LogP contribution in [0.2, 0.25) is 0 Å². The first-order valence-corrected chi connectivity index (χ1v) is 5.67. The summed E-state index contributed by atoms with van der Waals surface area (Å²) in [7, 11) is 0. The van der Waals surface area contributed by atoms with E-state index in [1.54, 1.807) is 6.07 Å². The van der Waals surface area contributed by atoms with Crippen molar-refractivity contribution in [3.05, 3.63) is 29.6 Å². The van der Waals surface area contributed by atoms with Crippen molar-refractivity contribution in [2.45, 2.75) is 6.42 Å². The van der Waals surface area contributed by atoms with Gasteiger partial charge >= 0.3 is 0 Å². The van der Waals surface area contributed by atoms with Crippen molar-refractivity contribution >= 4 is 17.5 Å². The second-order valence-electron chi connectivity index (χ2n) is 4.05. The Kier molecular flexibility index (Phi) is 3.57. The summed E-state index contributed by atoms with van der Waals surface area (Å²) in [6.07, 6.45) is 0.701. The molecule has 1 aromatic rings. The van der Waals surface area contributed by atoms with E-state index in [0.29, 0.717) is 18.7 Å². The van der Waals surface area contributed by atoms with Crippen molar-refractivity contribution in [1.29, 1.82) is 0 Å². The molecule has 3 N–H and O–H groups in total. The Morgan fingerprint density at radius 2 is 2.22 bits per heavy atom. The van der Waals surface area contributed by atoms with Gasteiger partial charge in [0.05, 0.1) is 13.1 Å².